The van der Waals surface area contributed by atoms with Crippen LogP contribution in [0.2, 0.25) is 0 Å². The highest BCUT2D eigenvalue weighted by atomic mass is 16.5. The molecule has 1 heterocycles. The first-order chi connectivity index (χ1) is 8.43. The van der Waals surface area contributed by atoms with Gasteiger partial charge in [-0.1, -0.05) is 31.9 Å². The van der Waals surface area contributed by atoms with Gasteiger partial charge in [0.15, 0.2) is 0 Å². The van der Waals surface area contributed by atoms with Crippen LogP contribution in [0.25, 0.3) is 0 Å². The zero-order chi connectivity index (χ0) is 12.2. The van der Waals surface area contributed by atoms with Gasteiger partial charge in [-0.05, 0) is 38.6 Å². The molecule has 0 saturated carbocycles. The van der Waals surface area contributed by atoms with Crippen molar-refractivity contribution < 1.29 is 4.74 Å². The zero-order valence-electron chi connectivity index (χ0n) is 11.5. The number of unbranched alkanes of at least 4 members (excludes halogenated alkanes) is 5. The van der Waals surface area contributed by atoms with Gasteiger partial charge in [-0.15, -0.1) is 0 Å². The molecule has 2 heteroatoms. The van der Waals surface area contributed by atoms with Gasteiger partial charge in [0.2, 0.25) is 0 Å². The predicted octanol–water partition coefficient (Wildman–Crippen LogP) is 3.63. The maximum atomic E-state index is 5.34. The number of morpholine rings is 1. The molecular formula is C15H29NO. The van der Waals surface area contributed by atoms with Gasteiger partial charge in [0.05, 0.1) is 13.2 Å². The van der Waals surface area contributed by atoms with Crippen molar-refractivity contribution in [1.29, 1.82) is 0 Å². The lowest BCUT2D eigenvalue weighted by Gasteiger charge is -2.26. The van der Waals surface area contributed by atoms with Crippen LogP contribution >= 0.6 is 0 Å². The fourth-order valence-corrected chi connectivity index (χ4v) is 2.17. The molecule has 0 bridgehead atoms. The van der Waals surface area contributed by atoms with E-state index in [1.54, 1.807) is 0 Å². The number of hydrogen-bond donors (Lipinski definition) is 0. The van der Waals surface area contributed by atoms with E-state index in [4.69, 9.17) is 4.74 Å². The summed E-state index contributed by atoms with van der Waals surface area (Å²) in [5, 5.41) is 0. The second-order valence-corrected chi connectivity index (χ2v) is 4.92. The Kier molecular flexibility index (Phi) is 9.34. The molecule has 2 nitrogen and oxygen atoms in total. The summed E-state index contributed by atoms with van der Waals surface area (Å²) in [4.78, 5) is 2.52. The first kappa shape index (κ1) is 14.7. The molecule has 1 aliphatic rings. The molecule has 0 aromatic heterocycles. The van der Waals surface area contributed by atoms with Crippen molar-refractivity contribution in [3.8, 4) is 0 Å². The second-order valence-electron chi connectivity index (χ2n) is 4.92. The Hall–Kier alpha value is -0.340. The van der Waals surface area contributed by atoms with Gasteiger partial charge in [0.1, 0.15) is 0 Å². The maximum Gasteiger partial charge on any atom is 0.0594 e. The SMILES string of the molecule is CCCCCC=CCCCCN1CCOCC1. The minimum absolute atomic E-state index is 0.928. The molecular weight excluding hydrogens is 210 g/mol. The Balaban J connectivity index is 1.83. The Morgan fingerprint density at radius 3 is 2.24 bits per heavy atom. The molecule has 0 aromatic carbocycles. The minimum Gasteiger partial charge on any atom is -0.379 e. The fourth-order valence-electron chi connectivity index (χ4n) is 2.17. The Bertz CT molecular complexity index is 185. The summed E-state index contributed by atoms with van der Waals surface area (Å²) in [6, 6.07) is 0. The number of allylic oxidation sites excluding steroid dienone is 2. The highest BCUT2D eigenvalue weighted by Crippen LogP contribution is 2.04. The van der Waals surface area contributed by atoms with E-state index in [0.717, 1.165) is 26.3 Å². The van der Waals surface area contributed by atoms with Crippen molar-refractivity contribution in [2.24, 2.45) is 0 Å². The number of rotatable bonds is 9. The molecule has 1 rings (SSSR count). The van der Waals surface area contributed by atoms with E-state index in [0.29, 0.717) is 0 Å². The predicted molar refractivity (Wildman–Crippen MR) is 74.4 cm³/mol. The Morgan fingerprint density at radius 1 is 0.941 bits per heavy atom. The highest BCUT2D eigenvalue weighted by molar-refractivity contribution is 4.81. The first-order valence-electron chi connectivity index (χ1n) is 7.38. The van der Waals surface area contributed by atoms with Gasteiger partial charge in [0, 0.05) is 13.1 Å². The first-order valence-corrected chi connectivity index (χ1v) is 7.38. The van der Waals surface area contributed by atoms with Crippen LogP contribution in [-0.4, -0.2) is 37.7 Å². The van der Waals surface area contributed by atoms with Crippen LogP contribution < -0.4 is 0 Å². The minimum atomic E-state index is 0.928. The second kappa shape index (κ2) is 10.8. The summed E-state index contributed by atoms with van der Waals surface area (Å²) < 4.78 is 5.34. The molecule has 0 atom stereocenters. The van der Waals surface area contributed by atoms with Crippen molar-refractivity contribution in [2.45, 2.75) is 51.9 Å². The van der Waals surface area contributed by atoms with Gasteiger partial charge >= 0.3 is 0 Å². The maximum absolute atomic E-state index is 5.34. The van der Waals surface area contributed by atoms with E-state index in [1.165, 1.54) is 51.5 Å². The van der Waals surface area contributed by atoms with Gasteiger partial charge in [-0.3, -0.25) is 4.90 Å². The quantitative estimate of drug-likeness (QED) is 0.450. The molecule has 1 aliphatic heterocycles. The van der Waals surface area contributed by atoms with E-state index in [-0.39, 0.29) is 0 Å². The topological polar surface area (TPSA) is 12.5 Å². The van der Waals surface area contributed by atoms with Crippen LogP contribution in [0.3, 0.4) is 0 Å². The largest absolute Gasteiger partial charge is 0.379 e. The Labute approximate surface area is 107 Å². The Morgan fingerprint density at radius 2 is 1.59 bits per heavy atom. The summed E-state index contributed by atoms with van der Waals surface area (Å²) in [5.41, 5.74) is 0. The summed E-state index contributed by atoms with van der Waals surface area (Å²) in [6.45, 7) is 7.64. The molecule has 0 aromatic rings. The monoisotopic (exact) mass is 239 g/mol. The average molecular weight is 239 g/mol. The standard InChI is InChI=1S/C15H29NO/c1-2-3-4-5-6-7-8-9-10-11-16-12-14-17-15-13-16/h6-7H,2-5,8-15H2,1H3. The van der Waals surface area contributed by atoms with Crippen LogP contribution in [0.5, 0.6) is 0 Å². The van der Waals surface area contributed by atoms with Crippen molar-refractivity contribution in [3.05, 3.63) is 12.2 Å². The van der Waals surface area contributed by atoms with Crippen LogP contribution in [-0.2, 0) is 4.74 Å². The van der Waals surface area contributed by atoms with E-state index in [1.807, 2.05) is 0 Å². The smallest absolute Gasteiger partial charge is 0.0594 e. The number of nitrogens with zero attached hydrogens (tertiary/aromatic N) is 1. The molecule has 0 radical (unpaired) electrons. The third-order valence-corrected chi connectivity index (χ3v) is 3.34. The van der Waals surface area contributed by atoms with Gasteiger partial charge in [0.25, 0.3) is 0 Å². The van der Waals surface area contributed by atoms with Crippen LogP contribution in [0.1, 0.15) is 51.9 Å². The lowest BCUT2D eigenvalue weighted by molar-refractivity contribution is 0.0372. The molecule has 1 fully saturated rings. The summed E-state index contributed by atoms with van der Waals surface area (Å²) in [7, 11) is 0. The highest BCUT2D eigenvalue weighted by Gasteiger charge is 2.08. The molecule has 0 N–H and O–H groups in total. The number of hydrogen-bond acceptors (Lipinski definition) is 2. The van der Waals surface area contributed by atoms with E-state index < -0.39 is 0 Å². The summed E-state index contributed by atoms with van der Waals surface area (Å²) in [5.74, 6) is 0. The molecule has 100 valence electrons. The summed E-state index contributed by atoms with van der Waals surface area (Å²) in [6.07, 6.45) is 14.0. The van der Waals surface area contributed by atoms with Gasteiger partial charge in [-0.2, -0.15) is 0 Å². The lowest BCUT2D eigenvalue weighted by atomic mass is 10.1. The van der Waals surface area contributed by atoms with Gasteiger partial charge < -0.3 is 4.74 Å². The third kappa shape index (κ3) is 8.39. The molecule has 0 aliphatic carbocycles. The average Bonchev–Trinajstić information content (AvgIpc) is 2.38. The zero-order valence-corrected chi connectivity index (χ0v) is 11.5. The molecule has 0 unspecified atom stereocenters. The molecule has 1 saturated heterocycles. The molecule has 17 heavy (non-hydrogen) atoms. The van der Waals surface area contributed by atoms with Crippen LogP contribution in [0.4, 0.5) is 0 Å². The normalized spacial score (nSPS) is 17.9. The number of ether oxygens (including phenoxy) is 1. The fraction of sp³-hybridized carbons (Fsp3) is 0.867. The van der Waals surface area contributed by atoms with Crippen molar-refractivity contribution >= 4 is 0 Å². The lowest BCUT2D eigenvalue weighted by Crippen LogP contribution is -2.36. The van der Waals surface area contributed by atoms with Crippen molar-refractivity contribution in [2.75, 3.05) is 32.8 Å². The van der Waals surface area contributed by atoms with Crippen LogP contribution in [0.15, 0.2) is 12.2 Å². The van der Waals surface area contributed by atoms with E-state index in [9.17, 15) is 0 Å². The summed E-state index contributed by atoms with van der Waals surface area (Å²) >= 11 is 0. The van der Waals surface area contributed by atoms with Crippen molar-refractivity contribution in [1.82, 2.24) is 4.90 Å². The molecule has 0 spiro atoms. The van der Waals surface area contributed by atoms with Crippen LogP contribution in [0, 0.1) is 0 Å². The molecule has 0 amide bonds. The van der Waals surface area contributed by atoms with E-state index >= 15 is 0 Å². The third-order valence-electron chi connectivity index (χ3n) is 3.34. The van der Waals surface area contributed by atoms with Gasteiger partial charge in [-0.25, -0.2) is 0 Å². The van der Waals surface area contributed by atoms with Crippen molar-refractivity contribution in [3.63, 3.8) is 0 Å². The van der Waals surface area contributed by atoms with E-state index in [2.05, 4.69) is 24.0 Å².